The van der Waals surface area contributed by atoms with Crippen LogP contribution in [0.4, 0.5) is 24.8 Å². The molecule has 0 aromatic carbocycles. The van der Waals surface area contributed by atoms with Crippen LogP contribution in [0.1, 0.15) is 32.4 Å². The molecule has 5 rings (SSSR count). The fraction of sp³-hybridized carbons (Fsp3) is 0.556. The highest BCUT2D eigenvalue weighted by atomic mass is 19.3. The van der Waals surface area contributed by atoms with Crippen LogP contribution in [0.25, 0.3) is 16.8 Å². The van der Waals surface area contributed by atoms with Gasteiger partial charge in [-0.1, -0.05) is 6.92 Å². The highest BCUT2D eigenvalue weighted by Crippen LogP contribution is 2.35. The lowest BCUT2D eigenvalue weighted by molar-refractivity contribution is 0.0918. The minimum atomic E-state index is -2.34. The molecule has 1 N–H and O–H groups in total. The van der Waals surface area contributed by atoms with Gasteiger partial charge in [-0.25, -0.2) is 22.7 Å². The predicted molar refractivity (Wildman–Crippen MR) is 141 cm³/mol. The Kier molecular flexibility index (Phi) is 7.94. The number of fused-ring (bicyclic) bond motifs is 2. The van der Waals surface area contributed by atoms with Crippen LogP contribution in [-0.4, -0.2) is 82.2 Å². The largest absolute Gasteiger partial charge is 0.383 e. The maximum atomic E-state index is 14.8. The van der Waals surface area contributed by atoms with E-state index < -0.39 is 12.6 Å². The molecule has 0 spiro atoms. The summed E-state index contributed by atoms with van der Waals surface area (Å²) in [6.07, 6.45) is 1.25. The zero-order valence-corrected chi connectivity index (χ0v) is 21.9. The number of piperidine rings is 1. The average Bonchev–Trinajstić information content (AvgIpc) is 3.31. The van der Waals surface area contributed by atoms with Crippen molar-refractivity contribution in [1.82, 2.24) is 24.5 Å². The summed E-state index contributed by atoms with van der Waals surface area (Å²) in [6.45, 7) is 6.20. The lowest BCUT2D eigenvalue weighted by Crippen LogP contribution is -2.48. The third-order valence-corrected chi connectivity index (χ3v) is 7.68. The summed E-state index contributed by atoms with van der Waals surface area (Å²) in [7, 11) is 1.65. The van der Waals surface area contributed by atoms with Crippen LogP contribution in [0.5, 0.6) is 0 Å². The van der Waals surface area contributed by atoms with Gasteiger partial charge in [0.05, 0.1) is 41.4 Å². The number of hydrogen-bond donors (Lipinski definition) is 1. The molecular weight excluding hydrogens is 495 g/mol. The number of nitrogens with zero attached hydrogens (tertiary/aromatic N) is 6. The van der Waals surface area contributed by atoms with Crippen LogP contribution >= 0.6 is 0 Å². The Morgan fingerprint density at radius 3 is 2.84 bits per heavy atom. The number of nitrogens with one attached hydrogen (secondary N) is 1. The lowest BCUT2D eigenvalue weighted by atomic mass is 9.82. The molecule has 3 aromatic rings. The normalized spacial score (nSPS) is 22.9. The van der Waals surface area contributed by atoms with E-state index in [-0.39, 0.29) is 24.3 Å². The first-order valence-electron chi connectivity index (χ1n) is 13.1. The molecule has 5 heterocycles. The van der Waals surface area contributed by atoms with Crippen LogP contribution in [-0.2, 0) is 11.2 Å². The zero-order valence-electron chi connectivity index (χ0n) is 21.9. The third-order valence-electron chi connectivity index (χ3n) is 7.68. The SMILES string of the molecule is COCCN1CC[C@H](Nc2ncc3c(-c4ccc5c(n4)C[C@H]([C@H](C)CC(F)F)C(C)=N5)ccn3n2)[C@H](F)C1. The van der Waals surface area contributed by atoms with E-state index in [1.807, 2.05) is 38.2 Å². The minimum Gasteiger partial charge on any atom is -0.383 e. The fourth-order valence-corrected chi connectivity index (χ4v) is 5.49. The molecule has 8 nitrogen and oxygen atoms in total. The number of ether oxygens (including phenoxy) is 1. The Morgan fingerprint density at radius 1 is 1.24 bits per heavy atom. The van der Waals surface area contributed by atoms with E-state index in [1.54, 1.807) is 17.8 Å². The molecule has 0 amide bonds. The Hall–Kier alpha value is -3.05. The molecular formula is C27H34F3N7O. The molecule has 4 atom stereocenters. The standard InChI is InChI=1S/C27H34F3N7O/c1-16(12-26(29)30)19-13-24-23(32-17(19)2)5-4-21(33-24)18-6-9-37-25(18)14-31-27(35-37)34-22-7-8-36(10-11-38-3)15-20(22)28/h4-6,9,14,16,19-20,22,26H,7-8,10-13,15H2,1-3H3,(H,34,35)/t16-,19-,20-,22+/m1/s1. The number of pyridine rings is 1. The maximum Gasteiger partial charge on any atom is 0.241 e. The molecule has 0 saturated carbocycles. The monoisotopic (exact) mass is 529 g/mol. The number of likely N-dealkylation sites (tertiary alicyclic amines) is 1. The molecule has 204 valence electrons. The van der Waals surface area contributed by atoms with Crippen LogP contribution in [0.3, 0.4) is 0 Å². The second kappa shape index (κ2) is 11.4. The second-order valence-electron chi connectivity index (χ2n) is 10.3. The van der Waals surface area contributed by atoms with E-state index in [4.69, 9.17) is 9.72 Å². The van der Waals surface area contributed by atoms with Crippen LogP contribution in [0.15, 0.2) is 35.6 Å². The van der Waals surface area contributed by atoms with Crippen LogP contribution in [0.2, 0.25) is 0 Å². The van der Waals surface area contributed by atoms with Gasteiger partial charge in [-0.05, 0) is 37.5 Å². The van der Waals surface area contributed by atoms with Gasteiger partial charge in [0.25, 0.3) is 0 Å². The first-order chi connectivity index (χ1) is 18.3. The Labute approximate surface area is 220 Å². The van der Waals surface area contributed by atoms with Crippen molar-refractivity contribution in [3.05, 3.63) is 36.3 Å². The number of hydrogen-bond acceptors (Lipinski definition) is 7. The molecule has 11 heteroatoms. The lowest BCUT2D eigenvalue weighted by Gasteiger charge is -2.34. The number of halogens is 3. The summed E-state index contributed by atoms with van der Waals surface area (Å²) in [5, 5.41) is 7.71. The van der Waals surface area contributed by atoms with Gasteiger partial charge < -0.3 is 10.1 Å². The Balaban J connectivity index is 1.31. The van der Waals surface area contributed by atoms with Crippen molar-refractivity contribution in [3.63, 3.8) is 0 Å². The van der Waals surface area contributed by atoms with Gasteiger partial charge in [-0.15, -0.1) is 5.10 Å². The van der Waals surface area contributed by atoms with Crippen LogP contribution in [0, 0.1) is 11.8 Å². The molecule has 0 bridgehead atoms. The van der Waals surface area contributed by atoms with Crippen molar-refractivity contribution in [2.75, 3.05) is 38.7 Å². The first kappa shape index (κ1) is 26.6. The predicted octanol–water partition coefficient (Wildman–Crippen LogP) is 4.82. The van der Waals surface area contributed by atoms with E-state index in [9.17, 15) is 13.2 Å². The molecule has 0 radical (unpaired) electrons. The highest BCUT2D eigenvalue weighted by Gasteiger charge is 2.30. The second-order valence-corrected chi connectivity index (χ2v) is 10.3. The topological polar surface area (TPSA) is 79.9 Å². The van der Waals surface area contributed by atoms with Crippen LogP contribution < -0.4 is 5.32 Å². The number of anilines is 1. The third kappa shape index (κ3) is 5.68. The number of aliphatic imine (C=N–C) groups is 1. The summed E-state index contributed by atoms with van der Waals surface area (Å²) in [4.78, 5) is 16.1. The van der Waals surface area contributed by atoms with Gasteiger partial charge >= 0.3 is 0 Å². The van der Waals surface area contributed by atoms with Gasteiger partial charge in [0.1, 0.15) is 6.17 Å². The van der Waals surface area contributed by atoms with E-state index in [2.05, 4.69) is 25.3 Å². The molecule has 38 heavy (non-hydrogen) atoms. The quantitative estimate of drug-likeness (QED) is 0.428. The Morgan fingerprint density at radius 2 is 2.08 bits per heavy atom. The van der Waals surface area contributed by atoms with Crippen molar-refractivity contribution in [2.45, 2.75) is 51.7 Å². The van der Waals surface area contributed by atoms with E-state index in [1.165, 1.54) is 0 Å². The van der Waals surface area contributed by atoms with E-state index in [0.29, 0.717) is 31.9 Å². The molecule has 3 aromatic heterocycles. The number of aromatic nitrogens is 4. The van der Waals surface area contributed by atoms with E-state index in [0.717, 1.165) is 47.0 Å². The highest BCUT2D eigenvalue weighted by molar-refractivity contribution is 5.89. The Bertz CT molecular complexity index is 1300. The summed E-state index contributed by atoms with van der Waals surface area (Å²) in [5.41, 5.74) is 4.84. The number of methoxy groups -OCH3 is 1. The molecule has 0 unspecified atom stereocenters. The first-order valence-corrected chi connectivity index (χ1v) is 13.1. The van der Waals surface area contributed by atoms with Crippen molar-refractivity contribution in [2.24, 2.45) is 16.8 Å². The van der Waals surface area contributed by atoms with Gasteiger partial charge in [0.2, 0.25) is 12.4 Å². The summed E-state index contributed by atoms with van der Waals surface area (Å²) in [6, 6.07) is 5.40. The summed E-state index contributed by atoms with van der Waals surface area (Å²) < 4.78 is 47.6. The maximum absolute atomic E-state index is 14.8. The van der Waals surface area contributed by atoms with Gasteiger partial charge in [-0.2, -0.15) is 0 Å². The van der Waals surface area contributed by atoms with Gasteiger partial charge in [0.15, 0.2) is 0 Å². The van der Waals surface area contributed by atoms with Gasteiger partial charge in [0, 0.05) is 63.0 Å². The van der Waals surface area contributed by atoms with Crippen molar-refractivity contribution in [1.29, 1.82) is 0 Å². The molecule has 0 aliphatic carbocycles. The smallest absolute Gasteiger partial charge is 0.241 e. The fourth-order valence-electron chi connectivity index (χ4n) is 5.49. The zero-order chi connectivity index (χ0) is 26.8. The van der Waals surface area contributed by atoms with E-state index >= 15 is 0 Å². The molecule has 1 saturated heterocycles. The number of rotatable bonds is 9. The number of alkyl halides is 3. The molecule has 2 aliphatic rings. The summed E-state index contributed by atoms with van der Waals surface area (Å²) in [5.74, 6) is 0.124. The van der Waals surface area contributed by atoms with Crippen molar-refractivity contribution < 1.29 is 17.9 Å². The summed E-state index contributed by atoms with van der Waals surface area (Å²) >= 11 is 0. The molecule has 2 aliphatic heterocycles. The van der Waals surface area contributed by atoms with Crippen molar-refractivity contribution >= 4 is 22.9 Å². The molecule has 1 fully saturated rings. The minimum absolute atomic E-state index is 0.0619. The average molecular weight is 530 g/mol. The van der Waals surface area contributed by atoms with Gasteiger partial charge in [-0.3, -0.25) is 14.9 Å². The van der Waals surface area contributed by atoms with Crippen molar-refractivity contribution in [3.8, 4) is 11.3 Å².